The monoisotopic (exact) mass is 600 g/mol. The second-order valence-electron chi connectivity index (χ2n) is 9.92. The minimum atomic E-state index is 0. The first-order valence-electron chi connectivity index (χ1n) is 13.4. The lowest BCUT2D eigenvalue weighted by Gasteiger charge is -2.19. The number of nitrogens with one attached hydrogen (secondary N) is 1. The first-order chi connectivity index (χ1) is 18.2. The predicted octanol–water partition coefficient (Wildman–Crippen LogP) is 7.58. The third-order valence-corrected chi connectivity index (χ3v) is 7.31. The van der Waals surface area contributed by atoms with Crippen LogP contribution >= 0.6 is 37.2 Å². The fourth-order valence-electron chi connectivity index (χ4n) is 5.27. The Bertz CT molecular complexity index is 1370. The first-order valence-corrected chi connectivity index (χ1v) is 13.4. The number of amides is 1. The van der Waals surface area contributed by atoms with Crippen LogP contribution in [0.25, 0.3) is 21.9 Å². The van der Waals surface area contributed by atoms with Gasteiger partial charge in [0.2, 0.25) is 0 Å². The number of anilines is 2. The smallest absolute Gasteiger partial charge is 0.258 e. The van der Waals surface area contributed by atoms with E-state index in [0.717, 1.165) is 59.8 Å². The average molecular weight is 602 g/mol. The molecule has 0 spiro atoms. The summed E-state index contributed by atoms with van der Waals surface area (Å²) in [5, 5.41) is 5.74. The van der Waals surface area contributed by atoms with Gasteiger partial charge < -0.3 is 21.7 Å². The molecule has 1 aliphatic heterocycles. The Morgan fingerprint density at radius 3 is 2.17 bits per heavy atom. The molecule has 4 aromatic rings. The maximum Gasteiger partial charge on any atom is 0.258 e. The van der Waals surface area contributed by atoms with Crippen molar-refractivity contribution in [1.29, 1.82) is 0 Å². The van der Waals surface area contributed by atoms with Crippen LogP contribution in [0.3, 0.4) is 0 Å². The van der Waals surface area contributed by atoms with Crippen molar-refractivity contribution >= 4 is 65.3 Å². The molecule has 1 aliphatic rings. The van der Waals surface area contributed by atoms with Crippen LogP contribution in [-0.2, 0) is 6.54 Å². The molecule has 5 N–H and O–H groups in total. The van der Waals surface area contributed by atoms with Crippen molar-refractivity contribution in [1.82, 2.24) is 0 Å². The molecule has 40 heavy (non-hydrogen) atoms. The fraction of sp³-hybridized carbons (Fsp3) is 0.281. The lowest BCUT2D eigenvalue weighted by molar-refractivity contribution is 0.0992. The van der Waals surface area contributed by atoms with E-state index < -0.39 is 0 Å². The number of carbonyl (C=O) groups excluding carboxylic acids is 1. The summed E-state index contributed by atoms with van der Waals surface area (Å²) in [6.45, 7) is 2.12. The summed E-state index contributed by atoms with van der Waals surface area (Å²) in [6, 6.07) is 29.5. The van der Waals surface area contributed by atoms with Crippen molar-refractivity contribution in [3.05, 3.63) is 96.1 Å². The standard InChI is InChI=1S/C32H36N4O.3ClH/c33-20-5-4-10-26(34)11-7-21-36-30-19-18-29(27-12-6-13-28(31(27)30)32(36)37)35-22-23-14-16-25(17-15-23)24-8-2-1-3-9-24;;;/h1-3,6,8-9,12-19,26,35H,4-5,7,10-11,20-22,33-34H2;3*1H. The van der Waals surface area contributed by atoms with Gasteiger partial charge in [-0.15, -0.1) is 37.2 Å². The number of halogens is 3. The highest BCUT2D eigenvalue weighted by Crippen LogP contribution is 2.41. The predicted molar refractivity (Wildman–Crippen MR) is 177 cm³/mol. The van der Waals surface area contributed by atoms with Crippen LogP contribution in [0.4, 0.5) is 11.4 Å². The van der Waals surface area contributed by atoms with Crippen LogP contribution in [0.2, 0.25) is 0 Å². The van der Waals surface area contributed by atoms with Gasteiger partial charge in [0.15, 0.2) is 0 Å². The summed E-state index contributed by atoms with van der Waals surface area (Å²) in [5.41, 5.74) is 18.3. The number of unbranched alkanes of at least 4 members (excludes halogenated alkanes) is 1. The highest BCUT2D eigenvalue weighted by Gasteiger charge is 2.30. The van der Waals surface area contributed by atoms with Crippen LogP contribution in [0.15, 0.2) is 84.9 Å². The van der Waals surface area contributed by atoms with Gasteiger partial charge >= 0.3 is 0 Å². The van der Waals surface area contributed by atoms with E-state index in [2.05, 4.69) is 72.0 Å². The Morgan fingerprint density at radius 2 is 1.45 bits per heavy atom. The maximum absolute atomic E-state index is 13.3. The molecule has 0 aromatic heterocycles. The fourth-order valence-corrected chi connectivity index (χ4v) is 5.27. The molecule has 1 amide bonds. The summed E-state index contributed by atoms with van der Waals surface area (Å²) < 4.78 is 0. The van der Waals surface area contributed by atoms with Crippen molar-refractivity contribution in [2.45, 2.75) is 44.7 Å². The Morgan fingerprint density at radius 1 is 0.750 bits per heavy atom. The molecular formula is C32H39Cl3N4O. The second-order valence-corrected chi connectivity index (χ2v) is 9.92. The van der Waals surface area contributed by atoms with Crippen LogP contribution in [0, 0.1) is 0 Å². The zero-order valence-corrected chi connectivity index (χ0v) is 25.0. The number of nitrogens with two attached hydrogens (primary N) is 2. The number of hydrogen-bond acceptors (Lipinski definition) is 4. The largest absolute Gasteiger partial charge is 0.380 e. The molecule has 0 radical (unpaired) electrons. The van der Waals surface area contributed by atoms with E-state index in [-0.39, 0.29) is 49.2 Å². The van der Waals surface area contributed by atoms with Gasteiger partial charge in [-0.25, -0.2) is 0 Å². The molecule has 0 saturated carbocycles. The Labute approximate surface area is 255 Å². The first kappa shape index (κ1) is 33.4. The molecule has 8 heteroatoms. The van der Waals surface area contributed by atoms with E-state index in [1.165, 1.54) is 16.7 Å². The van der Waals surface area contributed by atoms with Gasteiger partial charge in [-0.2, -0.15) is 0 Å². The summed E-state index contributed by atoms with van der Waals surface area (Å²) in [4.78, 5) is 15.2. The van der Waals surface area contributed by atoms with Gasteiger partial charge in [0.05, 0.1) is 5.69 Å². The van der Waals surface area contributed by atoms with E-state index >= 15 is 0 Å². The van der Waals surface area contributed by atoms with Crippen LogP contribution in [0.1, 0.15) is 48.0 Å². The molecular weight excluding hydrogens is 563 g/mol. The van der Waals surface area contributed by atoms with Gasteiger partial charge in [0.1, 0.15) is 0 Å². The molecule has 0 bridgehead atoms. The Balaban J connectivity index is 0.00000187. The van der Waals surface area contributed by atoms with E-state index in [4.69, 9.17) is 11.5 Å². The molecule has 214 valence electrons. The number of hydrogen-bond donors (Lipinski definition) is 3. The molecule has 0 saturated heterocycles. The number of rotatable bonds is 12. The van der Waals surface area contributed by atoms with Crippen LogP contribution in [0.5, 0.6) is 0 Å². The lowest BCUT2D eigenvalue weighted by atomic mass is 10.0. The Kier molecular flexibility index (Phi) is 13.2. The number of benzene rings is 4. The quantitative estimate of drug-likeness (QED) is 0.146. The molecule has 5 nitrogen and oxygen atoms in total. The highest BCUT2D eigenvalue weighted by molar-refractivity contribution is 6.26. The van der Waals surface area contributed by atoms with Crippen LogP contribution < -0.4 is 21.7 Å². The Hall–Kier alpha value is -2.80. The lowest BCUT2D eigenvalue weighted by Crippen LogP contribution is -2.29. The van der Waals surface area contributed by atoms with Crippen molar-refractivity contribution in [3.63, 3.8) is 0 Å². The molecule has 5 rings (SSSR count). The average Bonchev–Trinajstić information content (AvgIpc) is 3.21. The van der Waals surface area contributed by atoms with Gasteiger partial charge in [-0.05, 0) is 67.1 Å². The van der Waals surface area contributed by atoms with E-state index in [1.54, 1.807) is 0 Å². The van der Waals surface area contributed by atoms with Crippen molar-refractivity contribution < 1.29 is 4.79 Å². The van der Waals surface area contributed by atoms with Crippen molar-refractivity contribution in [3.8, 4) is 11.1 Å². The summed E-state index contributed by atoms with van der Waals surface area (Å²) >= 11 is 0. The molecule has 4 aromatic carbocycles. The molecule has 1 unspecified atom stereocenters. The number of carbonyl (C=O) groups is 1. The van der Waals surface area contributed by atoms with Gasteiger partial charge in [-0.3, -0.25) is 4.79 Å². The van der Waals surface area contributed by atoms with Gasteiger partial charge in [-0.1, -0.05) is 73.2 Å². The minimum Gasteiger partial charge on any atom is -0.380 e. The minimum absolute atomic E-state index is 0. The molecule has 1 heterocycles. The molecule has 1 atom stereocenters. The van der Waals surface area contributed by atoms with E-state index in [1.807, 2.05) is 23.1 Å². The van der Waals surface area contributed by atoms with E-state index in [0.29, 0.717) is 19.6 Å². The van der Waals surface area contributed by atoms with Crippen molar-refractivity contribution in [2.24, 2.45) is 11.5 Å². The van der Waals surface area contributed by atoms with Crippen molar-refractivity contribution in [2.75, 3.05) is 23.3 Å². The van der Waals surface area contributed by atoms with Crippen LogP contribution in [-0.4, -0.2) is 25.0 Å². The highest BCUT2D eigenvalue weighted by atomic mass is 35.5. The topological polar surface area (TPSA) is 84.4 Å². The zero-order valence-electron chi connectivity index (χ0n) is 22.6. The summed E-state index contributed by atoms with van der Waals surface area (Å²) in [5.74, 6) is 0.0888. The third-order valence-electron chi connectivity index (χ3n) is 7.31. The summed E-state index contributed by atoms with van der Waals surface area (Å²) in [6.07, 6.45) is 4.88. The molecule has 0 aliphatic carbocycles. The second kappa shape index (κ2) is 15.8. The third kappa shape index (κ3) is 7.48. The van der Waals surface area contributed by atoms with E-state index in [9.17, 15) is 4.79 Å². The van der Waals surface area contributed by atoms with Gasteiger partial charge in [0.25, 0.3) is 5.91 Å². The normalized spacial score (nSPS) is 12.3. The number of nitrogens with zero attached hydrogens (tertiary/aromatic N) is 1. The van der Waals surface area contributed by atoms with Gasteiger partial charge in [0, 0.05) is 41.2 Å². The zero-order chi connectivity index (χ0) is 25.6. The SMILES string of the molecule is Cl.Cl.Cl.NCCCCC(N)CCCN1C(=O)c2cccc3c(NCc4ccc(-c5ccccc5)cc4)ccc1c23. The summed E-state index contributed by atoms with van der Waals surface area (Å²) in [7, 11) is 0. The molecule has 0 fully saturated rings. The maximum atomic E-state index is 13.3.